The van der Waals surface area contributed by atoms with E-state index in [0.717, 1.165) is 5.69 Å². The van der Waals surface area contributed by atoms with Crippen LogP contribution in [0.3, 0.4) is 0 Å². The Morgan fingerprint density at radius 1 is 1.38 bits per heavy atom. The first-order valence-electron chi connectivity index (χ1n) is 3.67. The summed E-state index contributed by atoms with van der Waals surface area (Å²) < 4.78 is 0. The number of benzene rings is 1. The fraction of sp³-hybridized carbons (Fsp3) is 0. The summed E-state index contributed by atoms with van der Waals surface area (Å²) in [4.78, 5) is 3.80. The summed E-state index contributed by atoms with van der Waals surface area (Å²) in [5, 5.41) is 3.28. The number of para-hydroxylation sites is 1. The average Bonchev–Trinajstić information content (AvgIpc) is 2.16. The molecule has 0 fully saturated rings. The standard InChI is InChI=1S/C8H10N4S/c9-11-6-10-8(13)12-7-4-2-1-3-5-7/h1-6H,9H2,(H2,10,11,12,13). The second-order valence-electron chi connectivity index (χ2n) is 2.22. The van der Waals surface area contributed by atoms with Crippen LogP contribution in [0.15, 0.2) is 35.3 Å². The van der Waals surface area contributed by atoms with E-state index in [-0.39, 0.29) is 0 Å². The molecule has 0 amide bonds. The zero-order valence-electron chi connectivity index (χ0n) is 6.90. The van der Waals surface area contributed by atoms with Gasteiger partial charge in [0, 0.05) is 5.69 Å². The molecule has 0 aromatic heterocycles. The minimum absolute atomic E-state index is 0.365. The van der Waals surface area contributed by atoms with E-state index in [4.69, 9.17) is 18.1 Å². The van der Waals surface area contributed by atoms with E-state index in [1.807, 2.05) is 30.3 Å². The summed E-state index contributed by atoms with van der Waals surface area (Å²) in [7, 11) is 0. The van der Waals surface area contributed by atoms with Gasteiger partial charge >= 0.3 is 0 Å². The molecule has 1 aromatic carbocycles. The molecule has 13 heavy (non-hydrogen) atoms. The maximum atomic E-state index is 4.98. The molecule has 0 saturated carbocycles. The number of anilines is 1. The van der Waals surface area contributed by atoms with Crippen molar-refractivity contribution in [1.29, 1.82) is 0 Å². The molecule has 1 aromatic rings. The van der Waals surface area contributed by atoms with E-state index < -0.39 is 0 Å². The Morgan fingerprint density at radius 2 is 2.08 bits per heavy atom. The first kappa shape index (κ1) is 9.63. The Labute approximate surface area is 81.8 Å². The van der Waals surface area contributed by atoms with E-state index >= 15 is 0 Å². The highest BCUT2D eigenvalue weighted by Gasteiger charge is 1.91. The van der Waals surface area contributed by atoms with Gasteiger partial charge in [-0.05, 0) is 24.4 Å². The summed E-state index contributed by atoms with van der Waals surface area (Å²) in [6, 6.07) is 9.56. The fourth-order valence-electron chi connectivity index (χ4n) is 0.773. The maximum Gasteiger partial charge on any atom is 0.198 e. The SMILES string of the molecule is NNC=NC(=S)Nc1ccccc1. The Kier molecular flexibility index (Phi) is 3.87. The van der Waals surface area contributed by atoms with Crippen molar-refractivity contribution in [2.45, 2.75) is 0 Å². The molecule has 0 bridgehead atoms. The second kappa shape index (κ2) is 5.23. The lowest BCUT2D eigenvalue weighted by Crippen LogP contribution is -2.20. The summed E-state index contributed by atoms with van der Waals surface area (Å²) in [5.41, 5.74) is 3.17. The Hall–Kier alpha value is -1.46. The van der Waals surface area contributed by atoms with Crippen LogP contribution in [0, 0.1) is 0 Å². The van der Waals surface area contributed by atoms with Gasteiger partial charge in [0.1, 0.15) is 6.34 Å². The van der Waals surface area contributed by atoms with Crippen LogP contribution in [-0.4, -0.2) is 11.5 Å². The van der Waals surface area contributed by atoms with Gasteiger partial charge in [0.15, 0.2) is 5.11 Å². The van der Waals surface area contributed by atoms with E-state index in [2.05, 4.69) is 15.7 Å². The molecular weight excluding hydrogens is 184 g/mol. The van der Waals surface area contributed by atoms with E-state index in [9.17, 15) is 0 Å². The number of nitrogens with zero attached hydrogens (tertiary/aromatic N) is 1. The molecule has 0 aliphatic rings. The minimum Gasteiger partial charge on any atom is -0.331 e. The van der Waals surface area contributed by atoms with Crippen molar-refractivity contribution in [3.8, 4) is 0 Å². The predicted octanol–water partition coefficient (Wildman–Crippen LogP) is 0.875. The van der Waals surface area contributed by atoms with Crippen molar-refractivity contribution in [3.05, 3.63) is 30.3 Å². The van der Waals surface area contributed by atoms with Gasteiger partial charge in [0.25, 0.3) is 0 Å². The van der Waals surface area contributed by atoms with Gasteiger partial charge in [-0.2, -0.15) is 0 Å². The first-order chi connectivity index (χ1) is 6.33. The number of rotatable bonds is 2. The summed E-state index contributed by atoms with van der Waals surface area (Å²) in [6.45, 7) is 0. The van der Waals surface area contributed by atoms with Crippen molar-refractivity contribution < 1.29 is 0 Å². The summed E-state index contributed by atoms with van der Waals surface area (Å²) in [5.74, 6) is 4.98. The molecule has 4 nitrogen and oxygen atoms in total. The molecule has 0 aliphatic heterocycles. The molecule has 1 rings (SSSR count). The topological polar surface area (TPSA) is 62.4 Å². The highest BCUT2D eigenvalue weighted by atomic mass is 32.1. The maximum absolute atomic E-state index is 4.98. The van der Waals surface area contributed by atoms with Gasteiger partial charge in [-0.15, -0.1) is 0 Å². The largest absolute Gasteiger partial charge is 0.331 e. The molecule has 0 unspecified atom stereocenters. The second-order valence-corrected chi connectivity index (χ2v) is 2.61. The van der Waals surface area contributed by atoms with Crippen LogP contribution >= 0.6 is 12.2 Å². The number of hydrogen-bond acceptors (Lipinski definition) is 2. The molecular formula is C8H10N4S. The molecule has 0 aliphatic carbocycles. The van der Waals surface area contributed by atoms with E-state index in [0.29, 0.717) is 5.11 Å². The van der Waals surface area contributed by atoms with Crippen LogP contribution in [0.25, 0.3) is 0 Å². The molecule has 0 saturated heterocycles. The molecule has 0 spiro atoms. The van der Waals surface area contributed by atoms with Crippen LogP contribution in [0.4, 0.5) is 5.69 Å². The molecule has 4 N–H and O–H groups in total. The fourth-order valence-corrected chi connectivity index (χ4v) is 0.944. The van der Waals surface area contributed by atoms with Crippen molar-refractivity contribution in [2.75, 3.05) is 5.32 Å². The van der Waals surface area contributed by atoms with Gasteiger partial charge in [-0.1, -0.05) is 18.2 Å². The highest BCUT2D eigenvalue weighted by molar-refractivity contribution is 7.80. The highest BCUT2D eigenvalue weighted by Crippen LogP contribution is 2.04. The number of nitrogens with one attached hydrogen (secondary N) is 2. The van der Waals surface area contributed by atoms with Crippen molar-refractivity contribution in [2.24, 2.45) is 10.8 Å². The van der Waals surface area contributed by atoms with E-state index in [1.165, 1.54) is 6.34 Å². The van der Waals surface area contributed by atoms with Crippen LogP contribution < -0.4 is 16.6 Å². The number of hydrogen-bond donors (Lipinski definition) is 3. The Morgan fingerprint density at radius 3 is 2.69 bits per heavy atom. The van der Waals surface area contributed by atoms with Gasteiger partial charge in [0.2, 0.25) is 0 Å². The zero-order chi connectivity index (χ0) is 9.52. The van der Waals surface area contributed by atoms with Crippen LogP contribution in [-0.2, 0) is 0 Å². The number of thiocarbonyl (C=S) groups is 1. The molecule has 68 valence electrons. The third kappa shape index (κ3) is 3.64. The van der Waals surface area contributed by atoms with Gasteiger partial charge in [-0.3, -0.25) is 0 Å². The first-order valence-corrected chi connectivity index (χ1v) is 4.08. The monoisotopic (exact) mass is 194 g/mol. The Bertz CT molecular complexity index is 296. The third-order valence-corrected chi connectivity index (χ3v) is 1.49. The summed E-state index contributed by atoms with van der Waals surface area (Å²) in [6.07, 6.45) is 1.32. The quantitative estimate of drug-likeness (QED) is 0.215. The minimum atomic E-state index is 0.365. The number of aliphatic imine (C=N–C) groups is 1. The molecule has 5 heteroatoms. The van der Waals surface area contributed by atoms with Crippen molar-refractivity contribution >= 4 is 29.4 Å². The lowest BCUT2D eigenvalue weighted by Gasteiger charge is -2.01. The van der Waals surface area contributed by atoms with Crippen molar-refractivity contribution in [3.63, 3.8) is 0 Å². The van der Waals surface area contributed by atoms with Crippen LogP contribution in [0.2, 0.25) is 0 Å². The van der Waals surface area contributed by atoms with Gasteiger partial charge in [0.05, 0.1) is 0 Å². The van der Waals surface area contributed by atoms with E-state index in [1.54, 1.807) is 0 Å². The molecule has 0 atom stereocenters. The average molecular weight is 194 g/mol. The van der Waals surface area contributed by atoms with Crippen molar-refractivity contribution in [1.82, 2.24) is 5.43 Å². The Balaban J connectivity index is 2.50. The van der Waals surface area contributed by atoms with Crippen LogP contribution in [0.5, 0.6) is 0 Å². The number of nitrogens with two attached hydrogens (primary N) is 1. The van der Waals surface area contributed by atoms with Gasteiger partial charge in [-0.25, -0.2) is 10.8 Å². The van der Waals surface area contributed by atoms with Gasteiger partial charge < -0.3 is 10.7 Å². The zero-order valence-corrected chi connectivity index (χ0v) is 7.71. The molecule has 0 radical (unpaired) electrons. The van der Waals surface area contributed by atoms with Crippen LogP contribution in [0.1, 0.15) is 0 Å². The predicted molar refractivity (Wildman–Crippen MR) is 58.5 cm³/mol. The lowest BCUT2D eigenvalue weighted by molar-refractivity contribution is 1.06. The normalized spacial score (nSPS) is 9.92. The number of hydrazine groups is 1. The summed E-state index contributed by atoms with van der Waals surface area (Å²) >= 11 is 4.90. The lowest BCUT2D eigenvalue weighted by atomic mass is 10.3. The smallest absolute Gasteiger partial charge is 0.198 e. The third-order valence-electron chi connectivity index (χ3n) is 1.28. The molecule has 0 heterocycles.